The van der Waals surface area contributed by atoms with E-state index in [1.807, 2.05) is 4.90 Å². The second kappa shape index (κ2) is 13.0. The molecular formula is C20H26F4N2O5. The summed E-state index contributed by atoms with van der Waals surface area (Å²) in [5.41, 5.74) is -0.789. The first-order chi connectivity index (χ1) is 14.5. The van der Waals surface area contributed by atoms with Crippen molar-refractivity contribution in [3.05, 3.63) is 47.3 Å². The van der Waals surface area contributed by atoms with Crippen molar-refractivity contribution in [1.29, 1.82) is 0 Å². The van der Waals surface area contributed by atoms with Crippen LogP contribution in [0, 0.1) is 5.82 Å². The number of nitrogens with one attached hydrogen (secondary N) is 1. The molecule has 0 aromatic heterocycles. The van der Waals surface area contributed by atoms with E-state index in [0.717, 1.165) is 32.0 Å². The Labute approximate surface area is 177 Å². The summed E-state index contributed by atoms with van der Waals surface area (Å²) in [5.74, 6) is -3.38. The van der Waals surface area contributed by atoms with Crippen molar-refractivity contribution in [2.24, 2.45) is 0 Å². The number of ether oxygens (including phenoxy) is 1. The van der Waals surface area contributed by atoms with Gasteiger partial charge in [-0.1, -0.05) is 6.07 Å². The van der Waals surface area contributed by atoms with Crippen LogP contribution in [-0.2, 0) is 27.0 Å². The van der Waals surface area contributed by atoms with Crippen molar-refractivity contribution >= 4 is 11.9 Å². The van der Waals surface area contributed by atoms with E-state index in [4.69, 9.17) is 14.9 Å². The number of carbonyl (C=O) groups is 2. The Balaban J connectivity index is 0.000000512. The number of methoxy groups -OCH3 is 1. The lowest BCUT2D eigenvalue weighted by atomic mass is 10.0. The number of benzene rings is 1. The normalized spacial score (nSPS) is 15.0. The Morgan fingerprint density at radius 3 is 2.26 bits per heavy atom. The van der Waals surface area contributed by atoms with Crippen LogP contribution in [0.4, 0.5) is 17.6 Å². The summed E-state index contributed by atoms with van der Waals surface area (Å²) in [4.78, 5) is 21.1. The molecule has 7 nitrogen and oxygen atoms in total. The van der Waals surface area contributed by atoms with Crippen LogP contribution in [0.3, 0.4) is 0 Å². The molecule has 1 fully saturated rings. The zero-order valence-corrected chi connectivity index (χ0v) is 17.0. The van der Waals surface area contributed by atoms with Gasteiger partial charge in [-0.15, -0.1) is 0 Å². The number of piperidine rings is 1. The highest BCUT2D eigenvalue weighted by molar-refractivity contribution is 5.89. The van der Waals surface area contributed by atoms with E-state index in [1.54, 1.807) is 7.11 Å². The highest BCUT2D eigenvalue weighted by Gasteiger charge is 2.34. The lowest BCUT2D eigenvalue weighted by molar-refractivity contribution is -0.138. The number of carboxylic acids is 2. The zero-order valence-electron chi connectivity index (χ0n) is 17.0. The molecule has 1 saturated heterocycles. The summed E-state index contributed by atoms with van der Waals surface area (Å²) < 4.78 is 57.8. The number of rotatable bonds is 8. The van der Waals surface area contributed by atoms with E-state index in [0.29, 0.717) is 31.4 Å². The number of carboxylic acid groups (broad SMARTS) is 2. The van der Waals surface area contributed by atoms with Crippen LogP contribution >= 0.6 is 0 Å². The summed E-state index contributed by atoms with van der Waals surface area (Å²) >= 11 is 0. The van der Waals surface area contributed by atoms with Gasteiger partial charge in [0.1, 0.15) is 5.82 Å². The molecule has 0 spiro atoms. The summed E-state index contributed by atoms with van der Waals surface area (Å²) in [6, 6.07) is 3.10. The fourth-order valence-electron chi connectivity index (χ4n) is 3.08. The van der Waals surface area contributed by atoms with Crippen molar-refractivity contribution in [2.45, 2.75) is 31.6 Å². The Hall–Kier alpha value is -2.50. The maximum Gasteiger partial charge on any atom is 0.416 e. The van der Waals surface area contributed by atoms with Gasteiger partial charge in [0.25, 0.3) is 0 Å². The van der Waals surface area contributed by atoms with E-state index in [9.17, 15) is 27.2 Å². The summed E-state index contributed by atoms with van der Waals surface area (Å²) in [5, 5.41) is 18.9. The van der Waals surface area contributed by atoms with Crippen LogP contribution in [0.5, 0.6) is 0 Å². The number of alkyl halides is 3. The molecule has 0 amide bonds. The Bertz CT molecular complexity index is 734. The van der Waals surface area contributed by atoms with Crippen molar-refractivity contribution in [1.82, 2.24) is 10.2 Å². The third kappa shape index (κ3) is 10.4. The van der Waals surface area contributed by atoms with E-state index >= 15 is 0 Å². The molecule has 2 rings (SSSR count). The maximum absolute atomic E-state index is 13.2. The lowest BCUT2D eigenvalue weighted by Crippen LogP contribution is -2.44. The van der Waals surface area contributed by atoms with Gasteiger partial charge >= 0.3 is 18.1 Å². The molecule has 1 aromatic carbocycles. The number of hydrogen-bond acceptors (Lipinski definition) is 5. The van der Waals surface area contributed by atoms with Crippen molar-refractivity contribution in [3.8, 4) is 0 Å². The van der Waals surface area contributed by atoms with E-state index in [2.05, 4.69) is 5.32 Å². The molecule has 31 heavy (non-hydrogen) atoms. The van der Waals surface area contributed by atoms with Gasteiger partial charge in [0.2, 0.25) is 0 Å². The summed E-state index contributed by atoms with van der Waals surface area (Å²) in [6.07, 6.45) is -1.68. The van der Waals surface area contributed by atoms with Crippen molar-refractivity contribution in [2.75, 3.05) is 33.4 Å². The first-order valence-electron chi connectivity index (χ1n) is 9.47. The largest absolute Gasteiger partial charge is 0.478 e. The quantitative estimate of drug-likeness (QED) is 0.414. The summed E-state index contributed by atoms with van der Waals surface area (Å²) in [7, 11) is 1.57. The molecule has 0 saturated carbocycles. The minimum Gasteiger partial charge on any atom is -0.478 e. The van der Waals surface area contributed by atoms with E-state index < -0.39 is 29.5 Å². The number of nitrogens with zero attached hydrogens (tertiary/aromatic N) is 1. The highest BCUT2D eigenvalue weighted by atomic mass is 19.4. The molecule has 0 radical (unpaired) electrons. The van der Waals surface area contributed by atoms with Crippen LogP contribution in [0.2, 0.25) is 0 Å². The zero-order chi connectivity index (χ0) is 23.4. The Morgan fingerprint density at radius 1 is 1.19 bits per heavy atom. The fraction of sp³-hybridized carbons (Fsp3) is 0.500. The van der Waals surface area contributed by atoms with Crippen molar-refractivity contribution < 1.29 is 42.1 Å². The first-order valence-corrected chi connectivity index (χ1v) is 9.47. The summed E-state index contributed by atoms with van der Waals surface area (Å²) in [6.45, 7) is 2.85. The fourth-order valence-corrected chi connectivity index (χ4v) is 3.08. The molecule has 1 heterocycles. The van der Waals surface area contributed by atoms with Gasteiger partial charge in [-0.3, -0.25) is 4.90 Å². The first kappa shape index (κ1) is 26.5. The van der Waals surface area contributed by atoms with Crippen molar-refractivity contribution in [3.63, 3.8) is 0 Å². The number of hydrogen-bond donors (Lipinski definition) is 3. The van der Waals surface area contributed by atoms with Crippen LogP contribution in [0.15, 0.2) is 30.4 Å². The number of aliphatic carboxylic acids is 2. The van der Waals surface area contributed by atoms with Crippen LogP contribution in [0.25, 0.3) is 0 Å². The molecule has 3 N–H and O–H groups in total. The van der Waals surface area contributed by atoms with Gasteiger partial charge in [-0.2, -0.15) is 13.2 Å². The lowest BCUT2D eigenvalue weighted by Gasteiger charge is -2.35. The molecule has 1 aliphatic rings. The smallest absolute Gasteiger partial charge is 0.416 e. The minimum atomic E-state index is -4.56. The third-order valence-corrected chi connectivity index (χ3v) is 4.53. The van der Waals surface area contributed by atoms with Gasteiger partial charge in [-0.05, 0) is 43.6 Å². The second-order valence-electron chi connectivity index (χ2n) is 6.75. The average Bonchev–Trinajstić information content (AvgIpc) is 2.71. The minimum absolute atomic E-state index is 0.105. The number of halogens is 4. The van der Waals surface area contributed by atoms with E-state index in [-0.39, 0.29) is 18.2 Å². The monoisotopic (exact) mass is 450 g/mol. The van der Waals surface area contributed by atoms with Gasteiger partial charge < -0.3 is 20.3 Å². The highest BCUT2D eigenvalue weighted by Crippen LogP contribution is 2.33. The maximum atomic E-state index is 13.2. The van der Waals surface area contributed by atoms with Crippen LogP contribution in [-0.4, -0.2) is 66.4 Å². The van der Waals surface area contributed by atoms with Crippen LogP contribution in [0.1, 0.15) is 24.0 Å². The molecule has 0 aliphatic carbocycles. The molecule has 11 heteroatoms. The van der Waals surface area contributed by atoms with Crippen LogP contribution < -0.4 is 5.32 Å². The molecule has 0 bridgehead atoms. The van der Waals surface area contributed by atoms with Gasteiger partial charge in [0, 0.05) is 38.4 Å². The standard InChI is InChI=1S/C16H22F4N2O.C4H4O4/c1-23-9-8-22(14-4-6-21-7-5-14)11-12-2-3-13(17)10-15(12)16(18,19)20;5-3(6)1-2-4(7)8/h2-3,10,14,21H,4-9,11H2,1H3;1-2H,(H,5,6)(H,7,8). The molecule has 0 unspecified atom stereocenters. The van der Waals surface area contributed by atoms with Gasteiger partial charge in [-0.25, -0.2) is 14.0 Å². The van der Waals surface area contributed by atoms with Gasteiger partial charge in [0.05, 0.1) is 12.2 Å². The Kier molecular flexibility index (Phi) is 11.2. The van der Waals surface area contributed by atoms with Gasteiger partial charge in [0.15, 0.2) is 0 Å². The molecular weight excluding hydrogens is 424 g/mol. The topological polar surface area (TPSA) is 99.1 Å². The predicted octanol–water partition coefficient (Wildman–Crippen LogP) is 2.76. The molecule has 174 valence electrons. The molecule has 0 atom stereocenters. The Morgan fingerprint density at radius 2 is 1.77 bits per heavy atom. The SMILES string of the molecule is COCCN(Cc1ccc(F)cc1C(F)(F)F)C1CCNCC1.O=C(O)C=CC(=O)O. The predicted molar refractivity (Wildman–Crippen MR) is 104 cm³/mol. The van der Waals surface area contributed by atoms with E-state index in [1.165, 1.54) is 6.07 Å². The average molecular weight is 450 g/mol. The second-order valence-corrected chi connectivity index (χ2v) is 6.75. The molecule has 1 aliphatic heterocycles. The third-order valence-electron chi connectivity index (χ3n) is 4.53. The molecule has 1 aromatic rings.